The standard InChI is InChI=1S/C6H10N4OS/c7-1-5-9-6(11-10-5)4-2-12-3-8-4/h4,8H,1-3,7H2. The molecule has 0 spiro atoms. The van der Waals surface area contributed by atoms with E-state index in [1.807, 2.05) is 11.8 Å². The minimum atomic E-state index is 0.211. The van der Waals surface area contributed by atoms with Gasteiger partial charge in [-0.15, -0.1) is 11.8 Å². The molecule has 12 heavy (non-hydrogen) atoms. The van der Waals surface area contributed by atoms with Gasteiger partial charge in [-0.2, -0.15) is 4.98 Å². The first-order valence-corrected chi connectivity index (χ1v) is 4.89. The van der Waals surface area contributed by atoms with Crippen molar-refractivity contribution >= 4 is 11.8 Å². The van der Waals surface area contributed by atoms with Crippen LogP contribution in [0.4, 0.5) is 0 Å². The van der Waals surface area contributed by atoms with Crippen LogP contribution >= 0.6 is 11.8 Å². The van der Waals surface area contributed by atoms with Crippen LogP contribution in [0.15, 0.2) is 4.52 Å². The average Bonchev–Trinajstić information content (AvgIpc) is 2.75. The summed E-state index contributed by atoms with van der Waals surface area (Å²) in [5.41, 5.74) is 5.35. The van der Waals surface area contributed by atoms with Gasteiger partial charge < -0.3 is 10.3 Å². The lowest BCUT2D eigenvalue weighted by molar-refractivity contribution is 0.347. The van der Waals surface area contributed by atoms with Crippen LogP contribution in [-0.4, -0.2) is 21.8 Å². The summed E-state index contributed by atoms with van der Waals surface area (Å²) >= 11 is 1.82. The van der Waals surface area contributed by atoms with Gasteiger partial charge in [0.15, 0.2) is 5.82 Å². The van der Waals surface area contributed by atoms with Gasteiger partial charge in [-0.25, -0.2) is 0 Å². The molecular formula is C6H10N4OS. The molecule has 1 atom stereocenters. The molecule has 5 nitrogen and oxygen atoms in total. The quantitative estimate of drug-likeness (QED) is 0.669. The van der Waals surface area contributed by atoms with E-state index in [0.717, 1.165) is 11.6 Å². The van der Waals surface area contributed by atoms with E-state index < -0.39 is 0 Å². The van der Waals surface area contributed by atoms with Crippen molar-refractivity contribution in [3.05, 3.63) is 11.7 Å². The molecule has 1 aromatic rings. The van der Waals surface area contributed by atoms with Gasteiger partial charge in [-0.05, 0) is 0 Å². The summed E-state index contributed by atoms with van der Waals surface area (Å²) in [6.07, 6.45) is 0. The minimum absolute atomic E-state index is 0.211. The van der Waals surface area contributed by atoms with E-state index in [2.05, 4.69) is 15.5 Å². The molecule has 2 rings (SSSR count). The van der Waals surface area contributed by atoms with E-state index in [9.17, 15) is 0 Å². The van der Waals surface area contributed by atoms with Crippen LogP contribution in [-0.2, 0) is 6.54 Å². The Balaban J connectivity index is 2.11. The van der Waals surface area contributed by atoms with E-state index in [0.29, 0.717) is 18.3 Å². The maximum atomic E-state index is 5.35. The Kier molecular flexibility index (Phi) is 2.29. The summed E-state index contributed by atoms with van der Waals surface area (Å²) < 4.78 is 5.02. The molecule has 1 aromatic heterocycles. The van der Waals surface area contributed by atoms with Gasteiger partial charge >= 0.3 is 0 Å². The normalized spacial score (nSPS) is 23.2. The molecule has 0 aromatic carbocycles. The van der Waals surface area contributed by atoms with Crippen LogP contribution in [0.5, 0.6) is 0 Å². The molecule has 1 aliphatic heterocycles. The van der Waals surface area contributed by atoms with Crippen molar-refractivity contribution in [1.82, 2.24) is 15.5 Å². The molecule has 0 bridgehead atoms. The van der Waals surface area contributed by atoms with Gasteiger partial charge in [0, 0.05) is 11.6 Å². The van der Waals surface area contributed by atoms with Crippen molar-refractivity contribution in [2.24, 2.45) is 5.73 Å². The molecule has 1 unspecified atom stereocenters. The van der Waals surface area contributed by atoms with Crippen molar-refractivity contribution in [1.29, 1.82) is 0 Å². The number of hydrogen-bond donors (Lipinski definition) is 2. The summed E-state index contributed by atoms with van der Waals surface area (Å²) in [5, 5.41) is 6.96. The number of nitrogens with one attached hydrogen (secondary N) is 1. The fraction of sp³-hybridized carbons (Fsp3) is 0.667. The zero-order valence-corrected chi connectivity index (χ0v) is 7.30. The fourth-order valence-corrected chi connectivity index (χ4v) is 1.98. The second-order valence-electron chi connectivity index (χ2n) is 2.52. The average molecular weight is 186 g/mol. The van der Waals surface area contributed by atoms with Crippen LogP contribution < -0.4 is 11.1 Å². The van der Waals surface area contributed by atoms with E-state index in [1.165, 1.54) is 0 Å². The van der Waals surface area contributed by atoms with Crippen LogP contribution in [0.2, 0.25) is 0 Å². The lowest BCUT2D eigenvalue weighted by Gasteiger charge is -1.99. The summed E-state index contributed by atoms with van der Waals surface area (Å²) in [4.78, 5) is 4.13. The molecule has 0 saturated carbocycles. The largest absolute Gasteiger partial charge is 0.338 e. The number of aromatic nitrogens is 2. The highest BCUT2D eigenvalue weighted by Crippen LogP contribution is 2.22. The van der Waals surface area contributed by atoms with Crippen molar-refractivity contribution in [3.8, 4) is 0 Å². The molecule has 0 amide bonds. The molecule has 66 valence electrons. The van der Waals surface area contributed by atoms with Gasteiger partial charge in [-0.3, -0.25) is 5.32 Å². The third-order valence-electron chi connectivity index (χ3n) is 1.68. The van der Waals surface area contributed by atoms with Gasteiger partial charge in [0.2, 0.25) is 5.89 Å². The number of thioether (sulfide) groups is 1. The summed E-state index contributed by atoms with van der Waals surface area (Å²) in [6.45, 7) is 0.337. The molecule has 3 N–H and O–H groups in total. The Bertz CT molecular complexity index is 258. The highest BCUT2D eigenvalue weighted by molar-refractivity contribution is 7.99. The fourth-order valence-electron chi connectivity index (χ4n) is 1.05. The zero-order valence-electron chi connectivity index (χ0n) is 6.49. The van der Waals surface area contributed by atoms with Crippen LogP contribution in [0.25, 0.3) is 0 Å². The third-order valence-corrected chi connectivity index (χ3v) is 2.62. The number of rotatable bonds is 2. The molecular weight excluding hydrogens is 176 g/mol. The Morgan fingerprint density at radius 2 is 2.67 bits per heavy atom. The first-order valence-electron chi connectivity index (χ1n) is 3.74. The van der Waals surface area contributed by atoms with E-state index >= 15 is 0 Å². The van der Waals surface area contributed by atoms with E-state index in [-0.39, 0.29) is 6.04 Å². The van der Waals surface area contributed by atoms with E-state index in [4.69, 9.17) is 10.3 Å². The zero-order chi connectivity index (χ0) is 8.39. The van der Waals surface area contributed by atoms with E-state index in [1.54, 1.807) is 0 Å². The topological polar surface area (TPSA) is 77.0 Å². The van der Waals surface area contributed by atoms with Crippen molar-refractivity contribution in [3.63, 3.8) is 0 Å². The second kappa shape index (κ2) is 3.42. The molecule has 1 fully saturated rings. The lowest BCUT2D eigenvalue weighted by atomic mass is 10.3. The Hall–Kier alpha value is -0.590. The molecule has 0 aliphatic carbocycles. The Labute approximate surface area is 74.1 Å². The summed E-state index contributed by atoms with van der Waals surface area (Å²) in [6, 6.07) is 0.211. The third kappa shape index (κ3) is 1.45. The van der Waals surface area contributed by atoms with Crippen LogP contribution in [0.1, 0.15) is 17.8 Å². The van der Waals surface area contributed by atoms with Gasteiger partial charge in [0.25, 0.3) is 0 Å². The number of hydrogen-bond acceptors (Lipinski definition) is 6. The van der Waals surface area contributed by atoms with Crippen molar-refractivity contribution in [2.45, 2.75) is 12.6 Å². The summed E-state index contributed by atoms with van der Waals surface area (Å²) in [5.74, 6) is 3.17. The predicted octanol–water partition coefficient (Wildman–Crippen LogP) is -0.137. The van der Waals surface area contributed by atoms with Crippen molar-refractivity contribution in [2.75, 3.05) is 11.6 Å². The van der Waals surface area contributed by atoms with Crippen LogP contribution in [0, 0.1) is 0 Å². The highest BCUT2D eigenvalue weighted by Gasteiger charge is 2.22. The van der Waals surface area contributed by atoms with Gasteiger partial charge in [-0.1, -0.05) is 5.16 Å². The Morgan fingerprint density at radius 3 is 3.25 bits per heavy atom. The maximum absolute atomic E-state index is 5.35. The molecule has 6 heteroatoms. The van der Waals surface area contributed by atoms with Crippen molar-refractivity contribution < 1.29 is 4.52 Å². The minimum Gasteiger partial charge on any atom is -0.338 e. The molecule has 1 saturated heterocycles. The Morgan fingerprint density at radius 1 is 1.75 bits per heavy atom. The SMILES string of the molecule is NCc1noc(C2CSCN2)n1. The van der Waals surface area contributed by atoms with Crippen LogP contribution in [0.3, 0.4) is 0 Å². The summed E-state index contributed by atoms with van der Waals surface area (Å²) in [7, 11) is 0. The maximum Gasteiger partial charge on any atom is 0.244 e. The molecule has 0 radical (unpaired) electrons. The first-order chi connectivity index (χ1) is 5.90. The predicted molar refractivity (Wildman–Crippen MR) is 45.4 cm³/mol. The second-order valence-corrected chi connectivity index (χ2v) is 3.56. The van der Waals surface area contributed by atoms with Gasteiger partial charge in [0.05, 0.1) is 12.6 Å². The van der Waals surface area contributed by atoms with Gasteiger partial charge in [0.1, 0.15) is 0 Å². The number of nitrogens with zero attached hydrogens (tertiary/aromatic N) is 2. The smallest absolute Gasteiger partial charge is 0.244 e. The highest BCUT2D eigenvalue weighted by atomic mass is 32.2. The molecule has 1 aliphatic rings. The monoisotopic (exact) mass is 186 g/mol. The number of nitrogens with two attached hydrogens (primary N) is 1. The lowest BCUT2D eigenvalue weighted by Crippen LogP contribution is -2.15. The molecule has 2 heterocycles. The first kappa shape index (κ1) is 8.03.